The second-order valence-electron chi connectivity index (χ2n) is 9.25. The highest BCUT2D eigenvalue weighted by atomic mass is 35.5. The lowest BCUT2D eigenvalue weighted by Gasteiger charge is -2.29. The van der Waals surface area contributed by atoms with Gasteiger partial charge in [0.25, 0.3) is 5.91 Å². The smallest absolute Gasteiger partial charge is 0.271 e. The maximum absolute atomic E-state index is 13.7. The van der Waals surface area contributed by atoms with E-state index in [0.29, 0.717) is 11.6 Å². The molecule has 5 nitrogen and oxygen atoms in total. The summed E-state index contributed by atoms with van der Waals surface area (Å²) in [6.45, 7) is 6.78. The highest BCUT2D eigenvalue weighted by Gasteiger charge is 2.44. The van der Waals surface area contributed by atoms with Crippen LogP contribution in [0.5, 0.6) is 0 Å². The van der Waals surface area contributed by atoms with Crippen molar-refractivity contribution in [1.82, 2.24) is 14.8 Å². The number of carbonyl (C=O) groups excluding carboxylic acids is 1. The molecule has 1 saturated carbocycles. The van der Waals surface area contributed by atoms with Crippen LogP contribution in [0.3, 0.4) is 0 Å². The fourth-order valence-electron chi connectivity index (χ4n) is 4.94. The quantitative estimate of drug-likeness (QED) is 0.429. The minimum atomic E-state index is -0.251. The third-order valence-electron chi connectivity index (χ3n) is 6.79. The summed E-state index contributed by atoms with van der Waals surface area (Å²) in [6.07, 6.45) is 6.94. The van der Waals surface area contributed by atoms with Gasteiger partial charge in [0.2, 0.25) is 0 Å². The Hall–Kier alpha value is -3.18. The van der Waals surface area contributed by atoms with E-state index in [0.717, 1.165) is 36.1 Å². The highest BCUT2D eigenvalue weighted by Crippen LogP contribution is 2.45. The largest absolute Gasteiger partial charge is 0.296 e. The summed E-state index contributed by atoms with van der Waals surface area (Å²) in [5.74, 6) is -0.108. The molecule has 174 valence electrons. The van der Waals surface area contributed by atoms with Gasteiger partial charge in [-0.2, -0.15) is 10.2 Å². The average Bonchev–Trinajstić information content (AvgIpc) is 3.42. The van der Waals surface area contributed by atoms with Crippen LogP contribution in [-0.4, -0.2) is 26.4 Å². The van der Waals surface area contributed by atoms with Gasteiger partial charge in [-0.3, -0.25) is 9.48 Å². The van der Waals surface area contributed by atoms with E-state index in [-0.39, 0.29) is 23.6 Å². The van der Waals surface area contributed by atoms with Crippen LogP contribution in [0, 0.1) is 19.8 Å². The molecule has 5 rings (SSSR count). The molecule has 2 aliphatic rings. The molecule has 0 bridgehead atoms. The number of fused-ring (bicyclic) bond motifs is 1. The second kappa shape index (κ2) is 9.22. The van der Waals surface area contributed by atoms with Gasteiger partial charge < -0.3 is 0 Å². The summed E-state index contributed by atoms with van der Waals surface area (Å²) in [4.78, 5) is 13.7. The van der Waals surface area contributed by atoms with E-state index in [1.807, 2.05) is 6.92 Å². The van der Waals surface area contributed by atoms with Crippen LogP contribution < -0.4 is 0 Å². The van der Waals surface area contributed by atoms with Crippen molar-refractivity contribution in [3.05, 3.63) is 93.3 Å². The summed E-state index contributed by atoms with van der Waals surface area (Å²) in [6, 6.07) is 16.8. The number of aryl methyl sites for hydroxylation is 3. The van der Waals surface area contributed by atoms with Gasteiger partial charge in [0.15, 0.2) is 5.69 Å². The molecule has 0 N–H and O–H groups in total. The first kappa shape index (κ1) is 22.6. The molecule has 2 aromatic carbocycles. The summed E-state index contributed by atoms with van der Waals surface area (Å²) < 4.78 is 1.69. The number of rotatable bonds is 4. The Bertz CT molecular complexity index is 1270. The first-order chi connectivity index (χ1) is 16.4. The van der Waals surface area contributed by atoms with Gasteiger partial charge >= 0.3 is 0 Å². The maximum atomic E-state index is 13.7. The van der Waals surface area contributed by atoms with E-state index in [4.69, 9.17) is 16.7 Å². The van der Waals surface area contributed by atoms with Gasteiger partial charge in [0, 0.05) is 18.7 Å². The third kappa shape index (κ3) is 4.21. The molecule has 3 aromatic rings. The van der Waals surface area contributed by atoms with Gasteiger partial charge in [-0.05, 0) is 62.8 Å². The standard InChI is InChI=1S/C28H29ClN4O/c1-4-32-17-24(29)26(30-32)28(34)33-27(21-14-10-19(3)11-15-21)23-7-5-6-22(25(23)31-33)16-20-12-8-18(2)9-13-20/h8-17,23,27H,4-7H2,1-3H3/b22-16-/t23-,27-/m0/s1. The third-order valence-corrected chi connectivity index (χ3v) is 7.07. The van der Waals surface area contributed by atoms with E-state index < -0.39 is 0 Å². The molecule has 1 fully saturated rings. The number of halogens is 1. The summed E-state index contributed by atoms with van der Waals surface area (Å²) in [7, 11) is 0. The topological polar surface area (TPSA) is 50.5 Å². The number of allylic oxidation sites excluding steroid dienone is 1. The van der Waals surface area contributed by atoms with Gasteiger partial charge in [0.1, 0.15) is 0 Å². The number of benzene rings is 2. The van der Waals surface area contributed by atoms with E-state index in [1.54, 1.807) is 15.9 Å². The normalized spacial score (nSPS) is 21.0. The van der Waals surface area contributed by atoms with Gasteiger partial charge in [-0.1, -0.05) is 71.3 Å². The van der Waals surface area contributed by atoms with Crippen molar-refractivity contribution >= 4 is 29.3 Å². The number of nitrogens with zero attached hydrogens (tertiary/aromatic N) is 4. The van der Waals surface area contributed by atoms with Crippen LogP contribution in [0.2, 0.25) is 5.02 Å². The molecule has 2 atom stereocenters. The van der Waals surface area contributed by atoms with Crippen molar-refractivity contribution in [1.29, 1.82) is 0 Å². The molecule has 1 amide bonds. The predicted molar refractivity (Wildman–Crippen MR) is 137 cm³/mol. The summed E-state index contributed by atoms with van der Waals surface area (Å²) in [5, 5.41) is 11.4. The second-order valence-corrected chi connectivity index (χ2v) is 9.66. The van der Waals surface area contributed by atoms with Crippen molar-refractivity contribution < 1.29 is 4.79 Å². The summed E-state index contributed by atoms with van der Waals surface area (Å²) in [5.41, 5.74) is 7.15. The van der Waals surface area contributed by atoms with Crippen LogP contribution >= 0.6 is 11.6 Å². The van der Waals surface area contributed by atoms with E-state index in [2.05, 4.69) is 73.6 Å². The zero-order valence-electron chi connectivity index (χ0n) is 19.8. The lowest BCUT2D eigenvalue weighted by Crippen LogP contribution is -2.32. The van der Waals surface area contributed by atoms with Crippen molar-refractivity contribution in [2.45, 2.75) is 52.6 Å². The molecule has 0 unspecified atom stereocenters. The van der Waals surface area contributed by atoms with Gasteiger partial charge in [0.05, 0.1) is 16.8 Å². The highest BCUT2D eigenvalue weighted by molar-refractivity contribution is 6.33. The Morgan fingerprint density at radius 1 is 1.09 bits per heavy atom. The van der Waals surface area contributed by atoms with Crippen molar-refractivity contribution in [3.63, 3.8) is 0 Å². The van der Waals surface area contributed by atoms with Gasteiger partial charge in [-0.15, -0.1) is 0 Å². The van der Waals surface area contributed by atoms with Crippen molar-refractivity contribution in [3.8, 4) is 0 Å². The maximum Gasteiger partial charge on any atom is 0.296 e. The first-order valence-electron chi connectivity index (χ1n) is 11.9. The molecule has 1 aliphatic heterocycles. The number of carbonyl (C=O) groups is 1. The molecule has 1 aromatic heterocycles. The number of hydrogen-bond donors (Lipinski definition) is 0. The molecular formula is C28H29ClN4O. The number of amides is 1. The van der Waals surface area contributed by atoms with E-state index in [1.165, 1.54) is 16.7 Å². The van der Waals surface area contributed by atoms with Crippen molar-refractivity contribution in [2.24, 2.45) is 11.0 Å². The van der Waals surface area contributed by atoms with Gasteiger partial charge in [-0.25, -0.2) is 5.01 Å². The van der Waals surface area contributed by atoms with Crippen LogP contribution in [0.25, 0.3) is 6.08 Å². The first-order valence-corrected chi connectivity index (χ1v) is 12.3. The molecule has 1 aliphatic carbocycles. The lowest BCUT2D eigenvalue weighted by atomic mass is 9.77. The molecular weight excluding hydrogens is 444 g/mol. The number of hydrazone groups is 1. The molecule has 0 radical (unpaired) electrons. The van der Waals surface area contributed by atoms with Crippen molar-refractivity contribution in [2.75, 3.05) is 0 Å². The Kier molecular flexibility index (Phi) is 6.13. The Morgan fingerprint density at radius 2 is 1.76 bits per heavy atom. The van der Waals surface area contributed by atoms with Crippen LogP contribution in [0.4, 0.5) is 0 Å². The number of aromatic nitrogens is 2. The Labute approximate surface area is 205 Å². The van der Waals surface area contributed by atoms with Crippen LogP contribution in [-0.2, 0) is 6.54 Å². The lowest BCUT2D eigenvalue weighted by molar-refractivity contribution is 0.0674. The summed E-state index contributed by atoms with van der Waals surface area (Å²) >= 11 is 6.42. The van der Waals surface area contributed by atoms with Crippen LogP contribution in [0.15, 0.2) is 65.4 Å². The fraction of sp³-hybridized carbons (Fsp3) is 0.321. The van der Waals surface area contributed by atoms with E-state index in [9.17, 15) is 4.79 Å². The monoisotopic (exact) mass is 472 g/mol. The molecule has 0 saturated heterocycles. The Balaban J connectivity index is 1.58. The molecule has 34 heavy (non-hydrogen) atoms. The number of hydrogen-bond acceptors (Lipinski definition) is 3. The molecule has 6 heteroatoms. The fourth-order valence-corrected chi connectivity index (χ4v) is 5.17. The predicted octanol–water partition coefficient (Wildman–Crippen LogP) is 6.61. The minimum Gasteiger partial charge on any atom is -0.271 e. The Morgan fingerprint density at radius 3 is 2.41 bits per heavy atom. The molecule has 2 heterocycles. The van der Waals surface area contributed by atoms with E-state index >= 15 is 0 Å². The van der Waals surface area contributed by atoms with Crippen LogP contribution in [0.1, 0.15) is 65.0 Å². The SMILES string of the molecule is CCn1cc(Cl)c(C(=O)N2N=C3/C(=C\c4ccc(C)cc4)CCC[C@@H]3[C@@H]2c2ccc(C)cc2)n1. The zero-order valence-corrected chi connectivity index (χ0v) is 20.6. The molecule has 0 spiro atoms. The zero-order chi connectivity index (χ0) is 23.8. The minimum absolute atomic E-state index is 0.143. The average molecular weight is 473 g/mol.